The molecule has 0 saturated heterocycles. The maximum atomic E-state index is 14.8. The Labute approximate surface area is 766 Å². The first kappa shape index (κ1) is 91.3. The van der Waals surface area contributed by atoms with Crippen molar-refractivity contribution < 1.29 is 103 Å². The molecule has 11 heterocycles. The Kier molecular flexibility index (Phi) is 27.6. The Hall–Kier alpha value is -19.0. The molecule has 20 rings (SSSR count). The van der Waals surface area contributed by atoms with Crippen molar-refractivity contribution in [1.82, 2.24) is 56.0 Å². The van der Waals surface area contributed by atoms with Crippen LogP contribution in [0.1, 0.15) is 74.4 Å². The van der Waals surface area contributed by atoms with Gasteiger partial charge in [-0.2, -0.15) is 0 Å². The van der Waals surface area contributed by atoms with Crippen molar-refractivity contribution in [1.29, 1.82) is 0 Å². The summed E-state index contributed by atoms with van der Waals surface area (Å²) in [4.78, 5) is 65.6. The Morgan fingerprint density at radius 2 is 0.620 bits per heavy atom. The van der Waals surface area contributed by atoms with E-state index in [0.717, 1.165) is 35.1 Å². The van der Waals surface area contributed by atoms with Gasteiger partial charge in [0.25, 0.3) is 76.7 Å². The lowest BCUT2D eigenvalue weighted by molar-refractivity contribution is 0.101. The van der Waals surface area contributed by atoms with Gasteiger partial charge in [0.1, 0.15) is 63.8 Å². The highest BCUT2D eigenvalue weighted by Crippen LogP contribution is 2.37. The molecule has 0 aliphatic carbocycles. The van der Waals surface area contributed by atoms with Gasteiger partial charge in [-0.25, -0.2) is 40.1 Å². The fourth-order valence-electron chi connectivity index (χ4n) is 12.8. The van der Waals surface area contributed by atoms with E-state index in [9.17, 15) is 59.1 Å². The van der Waals surface area contributed by atoms with Crippen LogP contribution >= 0.6 is 0 Å². The minimum atomic E-state index is -1.04. The molecule has 5 amide bonds. The first-order chi connectivity index (χ1) is 66.4. The molecule has 0 atom stereocenters. The van der Waals surface area contributed by atoms with E-state index in [0.29, 0.717) is 74.8 Å². The van der Waals surface area contributed by atoms with Crippen LogP contribution in [0.2, 0.25) is 0 Å². The van der Waals surface area contributed by atoms with Crippen LogP contribution in [-0.4, -0.2) is 85.5 Å². The van der Waals surface area contributed by atoms with E-state index in [1.54, 1.807) is 134 Å². The number of hydrogen-bond donors (Lipinski definition) is 5. The van der Waals surface area contributed by atoms with E-state index in [-0.39, 0.29) is 109 Å². The van der Waals surface area contributed by atoms with Crippen molar-refractivity contribution in [2.75, 3.05) is 26.6 Å². The zero-order valence-corrected chi connectivity index (χ0v) is 71.2. The molecule has 31 nitrogen and oxygen atoms in total. The quantitative estimate of drug-likeness (QED) is 0.0442. The number of nitrogens with one attached hydrogen (secondary N) is 5. The van der Waals surface area contributed by atoms with Crippen molar-refractivity contribution in [3.63, 3.8) is 0 Å². The van der Waals surface area contributed by atoms with Crippen LogP contribution in [0, 0.1) is 74.2 Å². The summed E-state index contributed by atoms with van der Waals surface area (Å²) in [6.45, 7) is 7.23. The first-order valence-corrected chi connectivity index (χ1v) is 40.6. The maximum absolute atomic E-state index is 14.8. The number of furan rings is 5. The second-order valence-corrected chi connectivity index (χ2v) is 28.9. The number of benzene rings is 9. The average Bonchev–Trinajstić information content (AvgIpc) is 1.71. The number of amides is 5. The average molecular weight is 1860 g/mol. The summed E-state index contributed by atoms with van der Waals surface area (Å²) >= 11 is 0. The topological polar surface area (TPSA) is 419 Å². The molecule has 9 aromatic carbocycles. The zero-order valence-electron chi connectivity index (χ0n) is 71.2. The van der Waals surface area contributed by atoms with Gasteiger partial charge < -0.3 is 70.8 Å². The van der Waals surface area contributed by atoms with Crippen LogP contribution in [0.15, 0.2) is 330 Å². The lowest BCUT2D eigenvalue weighted by Crippen LogP contribution is -2.15. The molecule has 0 fully saturated rings. The molecule has 0 bridgehead atoms. The highest BCUT2D eigenvalue weighted by molar-refractivity contribution is 6.08. The number of rotatable bonds is 20. The highest BCUT2D eigenvalue weighted by atomic mass is 19.2. The lowest BCUT2D eigenvalue weighted by atomic mass is 10.1. The van der Waals surface area contributed by atoms with Gasteiger partial charge >= 0.3 is 0 Å². The summed E-state index contributed by atoms with van der Waals surface area (Å²) in [5, 5.41) is 51.6. The number of aryl methyl sites for hydroxylation is 3. The summed E-state index contributed by atoms with van der Waals surface area (Å²) in [6.07, 6.45) is 4.48. The largest absolute Gasteiger partial charge is 0.459 e. The van der Waals surface area contributed by atoms with Crippen LogP contribution in [0.5, 0.6) is 0 Å². The van der Waals surface area contributed by atoms with Gasteiger partial charge in [-0.15, -0.1) is 51.0 Å². The Balaban J connectivity index is 0.000000124. The molecule has 137 heavy (non-hydrogen) atoms. The standard InChI is InChI=1S/C20H12F3N3O3.2C20H14FN3O3.C19H11F2N3O3.C19H13FN4O3/c1-10-6-7-17(28-10)20-26-25-19(29-20)12-8-16(15(23)9-14(12)22)24-18(27)11-4-2-3-5-13(11)21;1-12-13(19-23-24-20(27-19)17-10-5-11-26-17)7-4-9-16(12)22-18(25)14-6-2-3-8-15(14)21;1-12-8-9-13(22-18(25)14-5-2-3-6-16(14)21)11-15(12)19-23-24-20(27-19)17-7-4-10-26-17;20-13-7-2-1-5-11(13)17(25)22-14-8-3-6-12(16(14)21)18-23-24-19(27-18)15-9-4-10-26-15;1-11-9-10-15(26-11)19-24-23-18(27-19)14-7-4-8-16(21-14)22-17(25)12-5-2-3-6-13(12)20/h2-9H,1H3,(H,24,27);2*2-11H,1H3,(H,22,25);1-10H,(H,22,25);2-10H,1H3,(H,21,22,25). The Morgan fingerprint density at radius 1 is 0.255 bits per heavy atom. The molecule has 39 heteroatoms. The number of nitrogens with zero attached hydrogens (tertiary/aromatic N) is 11. The Morgan fingerprint density at radius 3 is 1.06 bits per heavy atom. The molecular weight excluding hydrogens is 1790 g/mol. The van der Waals surface area contributed by atoms with Crippen LogP contribution in [-0.2, 0) is 0 Å². The van der Waals surface area contributed by atoms with E-state index in [1.165, 1.54) is 128 Å². The third kappa shape index (κ3) is 21.7. The van der Waals surface area contributed by atoms with Gasteiger partial charge in [0.2, 0.25) is 11.8 Å². The minimum absolute atomic E-state index is 0.00774. The first-order valence-electron chi connectivity index (χ1n) is 40.6. The third-order valence-corrected chi connectivity index (χ3v) is 19.6. The summed E-state index contributed by atoms with van der Waals surface area (Å²) in [5.41, 5.74) is 2.93. The van der Waals surface area contributed by atoms with Crippen molar-refractivity contribution in [3.05, 3.63) is 383 Å². The molecule has 682 valence electrons. The highest BCUT2D eigenvalue weighted by Gasteiger charge is 2.27. The summed E-state index contributed by atoms with van der Waals surface area (Å²) in [5.74, 6) is -4.52. The second kappa shape index (κ2) is 41.4. The van der Waals surface area contributed by atoms with Gasteiger partial charge in [0.05, 0.1) is 69.1 Å². The third-order valence-electron chi connectivity index (χ3n) is 19.6. The van der Waals surface area contributed by atoms with Gasteiger partial charge in [0, 0.05) is 28.6 Å². The monoisotopic (exact) mass is 1860 g/mol. The van der Waals surface area contributed by atoms with E-state index < -0.39 is 76.1 Å². The van der Waals surface area contributed by atoms with Crippen molar-refractivity contribution in [3.8, 4) is 116 Å². The van der Waals surface area contributed by atoms with Gasteiger partial charge in [-0.1, -0.05) is 84.9 Å². The van der Waals surface area contributed by atoms with Gasteiger partial charge in [-0.3, -0.25) is 24.0 Å². The molecule has 0 aliphatic heterocycles. The molecule has 0 radical (unpaired) electrons. The fraction of sp³-hybridized carbons (Fsp3) is 0.0408. The van der Waals surface area contributed by atoms with Crippen molar-refractivity contribution >= 4 is 58.1 Å². The second-order valence-electron chi connectivity index (χ2n) is 28.9. The van der Waals surface area contributed by atoms with Crippen LogP contribution < -0.4 is 26.6 Å². The molecular formula is C98H64F8N16O15. The lowest BCUT2D eigenvalue weighted by Gasteiger charge is -2.11. The number of pyridine rings is 1. The number of carbonyl (C=O) groups is 5. The SMILES string of the molecule is Cc1c(NC(=O)c2ccccc2F)cccc1-c1nnc(-c2ccco2)o1.Cc1ccc(-c2nnc(-c3cc(NC(=O)c4ccccc4F)c(F)cc3F)o2)o1.Cc1ccc(-c2nnc(-c3cccc(NC(=O)c4ccccc4F)n3)o2)o1.Cc1ccc(NC(=O)c2ccccc2F)cc1-c1nnc(-c2ccco2)o1.O=C(Nc1cccc(-c2nnc(-c3ccco3)o2)c1F)c1ccccc1F. The van der Waals surface area contributed by atoms with Crippen LogP contribution in [0.4, 0.5) is 63.7 Å². The number of halogens is 8. The predicted molar refractivity (Wildman–Crippen MR) is 476 cm³/mol. The number of carbonyl (C=O) groups excluding carboxylic acids is 5. The maximum Gasteiger partial charge on any atom is 0.283 e. The molecule has 0 spiro atoms. The number of aromatic nitrogens is 11. The van der Waals surface area contributed by atoms with E-state index in [4.69, 9.17) is 44.2 Å². The summed E-state index contributed by atoms with van der Waals surface area (Å²) in [6, 6.07) is 66.2. The Bertz CT molecular complexity index is 7460. The van der Waals surface area contributed by atoms with Gasteiger partial charge in [0.15, 0.2) is 34.6 Å². The molecule has 0 aliphatic rings. The normalized spacial score (nSPS) is 10.8. The van der Waals surface area contributed by atoms with Crippen LogP contribution in [0.3, 0.4) is 0 Å². The summed E-state index contributed by atoms with van der Waals surface area (Å²) in [7, 11) is 0. The molecule has 0 unspecified atom stereocenters. The molecule has 5 N–H and O–H groups in total. The van der Waals surface area contributed by atoms with Gasteiger partial charge in [-0.05, 0) is 215 Å². The molecule has 11 aromatic heterocycles. The zero-order chi connectivity index (χ0) is 95.8. The minimum Gasteiger partial charge on any atom is -0.459 e. The van der Waals surface area contributed by atoms with E-state index in [2.05, 4.69) is 82.6 Å². The molecule has 20 aromatic rings. The molecule has 0 saturated carbocycles. The van der Waals surface area contributed by atoms with E-state index in [1.807, 2.05) is 26.8 Å². The van der Waals surface area contributed by atoms with E-state index >= 15 is 0 Å². The smallest absolute Gasteiger partial charge is 0.283 e. The number of anilines is 5. The fourth-order valence-corrected chi connectivity index (χ4v) is 12.8. The van der Waals surface area contributed by atoms with Crippen molar-refractivity contribution in [2.24, 2.45) is 0 Å². The van der Waals surface area contributed by atoms with Crippen molar-refractivity contribution in [2.45, 2.75) is 27.7 Å². The summed E-state index contributed by atoms with van der Waals surface area (Å²) < 4.78 is 166. The van der Waals surface area contributed by atoms with Crippen LogP contribution in [0.25, 0.3) is 116 Å². The number of hydrogen-bond acceptors (Lipinski definition) is 26. The predicted octanol–water partition coefficient (Wildman–Crippen LogP) is 23.0.